The van der Waals surface area contributed by atoms with E-state index in [0.717, 1.165) is 0 Å². The Balaban J connectivity index is 2.74. The Morgan fingerprint density at radius 3 is 2.20 bits per heavy atom. The van der Waals surface area contributed by atoms with Gasteiger partial charge in [-0.2, -0.15) is 17.5 Å². The van der Waals surface area contributed by atoms with Gasteiger partial charge in [0.05, 0.1) is 5.75 Å². The summed E-state index contributed by atoms with van der Waals surface area (Å²) in [5.41, 5.74) is 0. The van der Waals surface area contributed by atoms with Gasteiger partial charge in [0.25, 0.3) is 0 Å². The highest BCUT2D eigenvalue weighted by atomic mass is 32.2. The molecule has 1 aliphatic carbocycles. The van der Waals surface area contributed by atoms with E-state index in [4.69, 9.17) is 0 Å². The van der Waals surface area contributed by atoms with Crippen LogP contribution in [0.15, 0.2) is 0 Å². The van der Waals surface area contributed by atoms with Crippen molar-refractivity contribution in [2.75, 3.05) is 12.3 Å². The SMILES string of the molecule is CCCS(=O)(=O)N(CC(F)(F)F)C1CC1. The fourth-order valence-electron chi connectivity index (χ4n) is 1.37. The Bertz CT molecular complexity index is 308. The van der Waals surface area contributed by atoms with Crippen LogP contribution in [0.5, 0.6) is 0 Å². The van der Waals surface area contributed by atoms with Crippen molar-refractivity contribution >= 4 is 10.0 Å². The lowest BCUT2D eigenvalue weighted by molar-refractivity contribution is -0.136. The van der Waals surface area contributed by atoms with Crippen molar-refractivity contribution in [3.8, 4) is 0 Å². The van der Waals surface area contributed by atoms with Crippen molar-refractivity contribution < 1.29 is 21.6 Å². The number of rotatable bonds is 5. The van der Waals surface area contributed by atoms with Crippen LogP contribution in [0.1, 0.15) is 26.2 Å². The Morgan fingerprint density at radius 2 is 1.87 bits per heavy atom. The van der Waals surface area contributed by atoms with Gasteiger partial charge in [-0.05, 0) is 19.3 Å². The number of hydrogen-bond acceptors (Lipinski definition) is 2. The van der Waals surface area contributed by atoms with Crippen LogP contribution in [0.3, 0.4) is 0 Å². The molecule has 1 aliphatic rings. The van der Waals surface area contributed by atoms with Gasteiger partial charge >= 0.3 is 6.18 Å². The van der Waals surface area contributed by atoms with Crippen molar-refractivity contribution in [1.29, 1.82) is 0 Å². The molecule has 0 aromatic carbocycles. The number of halogens is 3. The fraction of sp³-hybridized carbons (Fsp3) is 1.00. The van der Waals surface area contributed by atoms with Gasteiger partial charge in [0.15, 0.2) is 0 Å². The molecule has 0 radical (unpaired) electrons. The Morgan fingerprint density at radius 1 is 1.33 bits per heavy atom. The molecule has 0 N–H and O–H groups in total. The minimum absolute atomic E-state index is 0.209. The van der Waals surface area contributed by atoms with Gasteiger partial charge in [0.1, 0.15) is 6.54 Å². The highest BCUT2D eigenvalue weighted by Crippen LogP contribution is 2.32. The number of hydrogen-bond donors (Lipinski definition) is 0. The van der Waals surface area contributed by atoms with Crippen molar-refractivity contribution in [3.63, 3.8) is 0 Å². The summed E-state index contributed by atoms with van der Waals surface area (Å²) in [4.78, 5) is 0. The van der Waals surface area contributed by atoms with E-state index in [2.05, 4.69) is 0 Å². The molecule has 0 unspecified atom stereocenters. The molecule has 3 nitrogen and oxygen atoms in total. The average Bonchev–Trinajstić information content (AvgIpc) is 2.80. The molecule has 1 fully saturated rings. The highest BCUT2D eigenvalue weighted by molar-refractivity contribution is 7.89. The zero-order chi connectivity index (χ0) is 11.7. The lowest BCUT2D eigenvalue weighted by Crippen LogP contribution is -2.41. The van der Waals surface area contributed by atoms with Crippen molar-refractivity contribution in [2.45, 2.75) is 38.4 Å². The maximum atomic E-state index is 12.2. The van der Waals surface area contributed by atoms with Crippen LogP contribution in [0.25, 0.3) is 0 Å². The second-order valence-corrected chi connectivity index (χ2v) is 5.75. The fourth-order valence-corrected chi connectivity index (χ4v) is 3.13. The van der Waals surface area contributed by atoms with Gasteiger partial charge in [-0.3, -0.25) is 0 Å². The molecule has 0 spiro atoms. The summed E-state index contributed by atoms with van der Waals surface area (Å²) in [7, 11) is -3.73. The maximum absolute atomic E-state index is 12.2. The van der Waals surface area contributed by atoms with Crippen LogP contribution < -0.4 is 0 Å². The first-order valence-corrected chi connectivity index (χ1v) is 6.43. The molecule has 0 aromatic rings. The molecule has 0 aromatic heterocycles. The molecule has 7 heteroatoms. The third kappa shape index (κ3) is 3.98. The first-order chi connectivity index (χ1) is 6.76. The second-order valence-electron chi connectivity index (χ2n) is 3.71. The Hall–Kier alpha value is -0.300. The second kappa shape index (κ2) is 4.29. The molecule has 90 valence electrons. The van der Waals surface area contributed by atoms with Crippen molar-refractivity contribution in [1.82, 2.24) is 4.31 Å². The summed E-state index contributed by atoms with van der Waals surface area (Å²) < 4.78 is 60.1. The van der Waals surface area contributed by atoms with Gasteiger partial charge < -0.3 is 0 Å². The summed E-state index contributed by atoms with van der Waals surface area (Å²) in [6, 6.07) is -0.428. The van der Waals surface area contributed by atoms with Gasteiger partial charge in [-0.15, -0.1) is 0 Å². The predicted molar refractivity (Wildman–Crippen MR) is 49.9 cm³/mol. The predicted octanol–water partition coefficient (Wildman–Crippen LogP) is 1.75. The van der Waals surface area contributed by atoms with Crippen LogP contribution in [0, 0.1) is 0 Å². The third-order valence-electron chi connectivity index (χ3n) is 2.11. The summed E-state index contributed by atoms with van der Waals surface area (Å²) in [5, 5.41) is 0. The van der Waals surface area contributed by atoms with Crippen LogP contribution in [0.2, 0.25) is 0 Å². The summed E-state index contributed by atoms with van der Waals surface area (Å²) >= 11 is 0. The van der Waals surface area contributed by atoms with Crippen LogP contribution >= 0.6 is 0 Å². The van der Waals surface area contributed by atoms with Crippen molar-refractivity contribution in [3.05, 3.63) is 0 Å². The largest absolute Gasteiger partial charge is 0.402 e. The minimum Gasteiger partial charge on any atom is -0.212 e. The van der Waals surface area contributed by atoms with Crippen LogP contribution in [0.4, 0.5) is 13.2 Å². The van der Waals surface area contributed by atoms with Gasteiger partial charge in [0, 0.05) is 6.04 Å². The zero-order valence-corrected chi connectivity index (χ0v) is 9.24. The van der Waals surface area contributed by atoms with Crippen LogP contribution in [-0.2, 0) is 10.0 Å². The van der Waals surface area contributed by atoms with E-state index >= 15 is 0 Å². The van der Waals surface area contributed by atoms with Crippen molar-refractivity contribution in [2.24, 2.45) is 0 Å². The van der Waals surface area contributed by atoms with E-state index in [-0.39, 0.29) is 5.75 Å². The number of alkyl halides is 3. The lowest BCUT2D eigenvalue weighted by atomic mass is 10.6. The normalized spacial score (nSPS) is 18.5. The first kappa shape index (κ1) is 12.8. The maximum Gasteiger partial charge on any atom is 0.402 e. The Kier molecular flexibility index (Phi) is 3.65. The summed E-state index contributed by atoms with van der Waals surface area (Å²) in [6.07, 6.45) is -3.04. The monoisotopic (exact) mass is 245 g/mol. The third-order valence-corrected chi connectivity index (χ3v) is 4.17. The summed E-state index contributed by atoms with van der Waals surface area (Å²) in [5.74, 6) is -0.209. The molecule has 0 heterocycles. The molecule has 1 saturated carbocycles. The number of sulfonamides is 1. The smallest absolute Gasteiger partial charge is 0.212 e. The quantitative estimate of drug-likeness (QED) is 0.740. The molecular weight excluding hydrogens is 231 g/mol. The molecule has 0 atom stereocenters. The van der Waals surface area contributed by atoms with Gasteiger partial charge in [-0.25, -0.2) is 8.42 Å². The molecule has 0 saturated heterocycles. The average molecular weight is 245 g/mol. The molecule has 1 rings (SSSR count). The molecule has 0 bridgehead atoms. The molecule has 15 heavy (non-hydrogen) atoms. The van der Waals surface area contributed by atoms with E-state index in [1.165, 1.54) is 0 Å². The van der Waals surface area contributed by atoms with E-state index < -0.39 is 28.8 Å². The molecule has 0 amide bonds. The van der Waals surface area contributed by atoms with E-state index in [9.17, 15) is 21.6 Å². The van der Waals surface area contributed by atoms with Gasteiger partial charge in [0.2, 0.25) is 10.0 Å². The van der Waals surface area contributed by atoms with E-state index in [1.54, 1.807) is 6.92 Å². The molecule has 0 aliphatic heterocycles. The highest BCUT2D eigenvalue weighted by Gasteiger charge is 2.43. The summed E-state index contributed by atoms with van der Waals surface area (Å²) in [6.45, 7) is 0.288. The van der Waals surface area contributed by atoms with E-state index in [1.807, 2.05) is 0 Å². The number of nitrogens with zero attached hydrogens (tertiary/aromatic N) is 1. The first-order valence-electron chi connectivity index (χ1n) is 4.82. The minimum atomic E-state index is -4.45. The van der Waals surface area contributed by atoms with Gasteiger partial charge in [-0.1, -0.05) is 6.92 Å². The lowest BCUT2D eigenvalue weighted by Gasteiger charge is -2.22. The van der Waals surface area contributed by atoms with Crippen LogP contribution in [-0.4, -0.2) is 37.2 Å². The zero-order valence-electron chi connectivity index (χ0n) is 8.42. The Labute approximate surface area is 87.3 Å². The molecular formula is C8H14F3NO2S. The topological polar surface area (TPSA) is 37.4 Å². The van der Waals surface area contributed by atoms with E-state index in [0.29, 0.717) is 23.6 Å². The standard InChI is InChI=1S/C8H14F3NO2S/c1-2-5-15(13,14)12(7-3-4-7)6-8(9,10)11/h7H,2-6H2,1H3.